The van der Waals surface area contributed by atoms with Crippen LogP contribution >= 0.6 is 0 Å². The molecular formula is C15H31N3O. The Morgan fingerprint density at radius 3 is 2.16 bits per heavy atom. The van der Waals surface area contributed by atoms with Crippen LogP contribution in [0, 0.1) is 0 Å². The van der Waals surface area contributed by atoms with E-state index in [0.29, 0.717) is 5.91 Å². The van der Waals surface area contributed by atoms with E-state index in [1.165, 1.54) is 25.7 Å². The van der Waals surface area contributed by atoms with Crippen LogP contribution in [0.25, 0.3) is 0 Å². The summed E-state index contributed by atoms with van der Waals surface area (Å²) < 4.78 is 0. The third kappa shape index (κ3) is 5.49. The molecule has 19 heavy (non-hydrogen) atoms. The molecule has 0 saturated carbocycles. The minimum atomic E-state index is 0.0381. The van der Waals surface area contributed by atoms with Gasteiger partial charge in [-0.1, -0.05) is 26.7 Å². The van der Waals surface area contributed by atoms with Gasteiger partial charge in [0.2, 0.25) is 5.91 Å². The summed E-state index contributed by atoms with van der Waals surface area (Å²) in [6.07, 6.45) is 4.75. The molecule has 1 heterocycles. The highest BCUT2D eigenvalue weighted by molar-refractivity contribution is 5.81. The molecule has 0 aromatic carbocycles. The molecule has 112 valence electrons. The Labute approximate surface area is 118 Å². The molecule has 0 aliphatic carbocycles. The van der Waals surface area contributed by atoms with Crippen molar-refractivity contribution in [2.75, 3.05) is 39.3 Å². The van der Waals surface area contributed by atoms with Crippen LogP contribution < -0.4 is 5.32 Å². The van der Waals surface area contributed by atoms with Gasteiger partial charge in [0.15, 0.2) is 0 Å². The zero-order valence-electron chi connectivity index (χ0n) is 13.0. The monoisotopic (exact) mass is 269 g/mol. The van der Waals surface area contributed by atoms with Crippen LogP contribution in [0.3, 0.4) is 0 Å². The number of amides is 1. The zero-order chi connectivity index (χ0) is 14.1. The highest BCUT2D eigenvalue weighted by atomic mass is 16.2. The number of carbonyl (C=O) groups is 1. The van der Waals surface area contributed by atoms with Gasteiger partial charge in [0.05, 0.1) is 6.04 Å². The van der Waals surface area contributed by atoms with Crippen LogP contribution in [0.2, 0.25) is 0 Å². The molecule has 0 bridgehead atoms. The number of nitrogens with zero attached hydrogens (tertiary/aromatic N) is 2. The van der Waals surface area contributed by atoms with E-state index in [-0.39, 0.29) is 6.04 Å². The molecule has 0 aromatic rings. The second-order valence-corrected chi connectivity index (χ2v) is 5.49. The number of rotatable bonds is 8. The van der Waals surface area contributed by atoms with Crippen molar-refractivity contribution in [3.63, 3.8) is 0 Å². The van der Waals surface area contributed by atoms with Gasteiger partial charge in [-0.2, -0.15) is 0 Å². The molecule has 1 aliphatic heterocycles. The molecular weight excluding hydrogens is 238 g/mol. The van der Waals surface area contributed by atoms with Gasteiger partial charge < -0.3 is 10.2 Å². The Balaban J connectivity index is 2.51. The molecule has 4 heteroatoms. The molecule has 0 aromatic heterocycles. The molecule has 4 nitrogen and oxygen atoms in total. The van der Waals surface area contributed by atoms with Crippen LogP contribution in [0.4, 0.5) is 0 Å². The quantitative estimate of drug-likeness (QED) is 0.728. The summed E-state index contributed by atoms with van der Waals surface area (Å²) in [5, 5.41) is 3.30. The van der Waals surface area contributed by atoms with E-state index in [1.807, 2.05) is 4.90 Å². The molecule has 1 aliphatic rings. The number of unbranched alkanes of at least 4 members (excludes halogenated alkanes) is 2. The lowest BCUT2D eigenvalue weighted by Crippen LogP contribution is -2.53. The maximum Gasteiger partial charge on any atom is 0.239 e. The smallest absolute Gasteiger partial charge is 0.239 e. The normalized spacial score (nSPS) is 17.8. The maximum absolute atomic E-state index is 12.5. The van der Waals surface area contributed by atoms with Gasteiger partial charge in [-0.3, -0.25) is 9.69 Å². The van der Waals surface area contributed by atoms with Gasteiger partial charge in [-0.15, -0.1) is 0 Å². The van der Waals surface area contributed by atoms with E-state index in [0.717, 1.165) is 39.3 Å². The largest absolute Gasteiger partial charge is 0.339 e. The summed E-state index contributed by atoms with van der Waals surface area (Å²) in [4.78, 5) is 16.9. The number of carbonyl (C=O) groups excluding carboxylic acids is 1. The van der Waals surface area contributed by atoms with Crippen LogP contribution in [0.1, 0.15) is 46.5 Å². The first-order chi connectivity index (χ1) is 9.20. The van der Waals surface area contributed by atoms with Crippen molar-refractivity contribution in [3.05, 3.63) is 0 Å². The van der Waals surface area contributed by atoms with E-state index >= 15 is 0 Å². The molecule has 1 amide bonds. The predicted molar refractivity (Wildman–Crippen MR) is 80.3 cm³/mol. The standard InChI is InChI=1S/C15H31N3O/c1-4-6-10-17(11-7-5-2)14(3)15(19)18-12-8-16-9-13-18/h14,16H,4-13H2,1-3H3. The molecule has 1 N–H and O–H groups in total. The van der Waals surface area contributed by atoms with Crippen molar-refractivity contribution >= 4 is 5.91 Å². The summed E-state index contributed by atoms with van der Waals surface area (Å²) in [5.41, 5.74) is 0. The Hall–Kier alpha value is -0.610. The SMILES string of the molecule is CCCCN(CCCC)C(C)C(=O)N1CCNCC1. The number of hydrogen-bond donors (Lipinski definition) is 1. The summed E-state index contributed by atoms with van der Waals surface area (Å²) in [6, 6.07) is 0.0381. The van der Waals surface area contributed by atoms with Crippen LogP contribution in [0.15, 0.2) is 0 Å². The molecule has 1 saturated heterocycles. The van der Waals surface area contributed by atoms with Crippen molar-refractivity contribution in [3.8, 4) is 0 Å². The van der Waals surface area contributed by atoms with Gasteiger partial charge in [0.1, 0.15) is 0 Å². The van der Waals surface area contributed by atoms with E-state index in [4.69, 9.17) is 0 Å². The minimum absolute atomic E-state index is 0.0381. The van der Waals surface area contributed by atoms with Gasteiger partial charge in [0.25, 0.3) is 0 Å². The fraction of sp³-hybridized carbons (Fsp3) is 0.933. The topological polar surface area (TPSA) is 35.6 Å². The lowest BCUT2D eigenvalue weighted by Gasteiger charge is -2.34. The fourth-order valence-electron chi connectivity index (χ4n) is 2.53. The molecule has 0 radical (unpaired) electrons. The van der Waals surface area contributed by atoms with Crippen LogP contribution in [-0.2, 0) is 4.79 Å². The average molecular weight is 269 g/mol. The Morgan fingerprint density at radius 2 is 1.68 bits per heavy atom. The van der Waals surface area contributed by atoms with E-state index in [9.17, 15) is 4.79 Å². The van der Waals surface area contributed by atoms with E-state index in [1.54, 1.807) is 0 Å². The molecule has 0 spiro atoms. The fourth-order valence-corrected chi connectivity index (χ4v) is 2.53. The van der Waals surface area contributed by atoms with Crippen LogP contribution in [0.5, 0.6) is 0 Å². The van der Waals surface area contributed by atoms with E-state index in [2.05, 4.69) is 31.0 Å². The second-order valence-electron chi connectivity index (χ2n) is 5.49. The number of piperazine rings is 1. The third-order valence-corrected chi connectivity index (χ3v) is 3.93. The highest BCUT2D eigenvalue weighted by Crippen LogP contribution is 2.09. The van der Waals surface area contributed by atoms with Crippen LogP contribution in [-0.4, -0.2) is 61.0 Å². The Morgan fingerprint density at radius 1 is 1.16 bits per heavy atom. The maximum atomic E-state index is 12.5. The number of hydrogen-bond acceptors (Lipinski definition) is 3. The molecule has 1 fully saturated rings. The molecule has 1 atom stereocenters. The summed E-state index contributed by atoms with van der Waals surface area (Å²) >= 11 is 0. The molecule has 1 unspecified atom stereocenters. The number of nitrogens with one attached hydrogen (secondary N) is 1. The predicted octanol–water partition coefficient (Wildman–Crippen LogP) is 1.71. The average Bonchev–Trinajstić information content (AvgIpc) is 2.47. The first-order valence-electron chi connectivity index (χ1n) is 7.94. The van der Waals surface area contributed by atoms with E-state index < -0.39 is 0 Å². The van der Waals surface area contributed by atoms with Crippen molar-refractivity contribution < 1.29 is 4.79 Å². The lowest BCUT2D eigenvalue weighted by molar-refractivity contribution is -0.137. The van der Waals surface area contributed by atoms with Gasteiger partial charge in [-0.05, 0) is 32.9 Å². The summed E-state index contributed by atoms with van der Waals surface area (Å²) in [6.45, 7) is 12.2. The molecule has 1 rings (SSSR count). The van der Waals surface area contributed by atoms with Crippen molar-refractivity contribution in [1.29, 1.82) is 0 Å². The van der Waals surface area contributed by atoms with Crippen molar-refractivity contribution in [2.24, 2.45) is 0 Å². The van der Waals surface area contributed by atoms with Gasteiger partial charge >= 0.3 is 0 Å². The van der Waals surface area contributed by atoms with Crippen molar-refractivity contribution in [2.45, 2.75) is 52.5 Å². The highest BCUT2D eigenvalue weighted by Gasteiger charge is 2.26. The Bertz CT molecular complexity index is 244. The summed E-state index contributed by atoms with van der Waals surface area (Å²) in [7, 11) is 0. The summed E-state index contributed by atoms with van der Waals surface area (Å²) in [5.74, 6) is 0.314. The van der Waals surface area contributed by atoms with Crippen molar-refractivity contribution in [1.82, 2.24) is 15.1 Å². The van der Waals surface area contributed by atoms with Gasteiger partial charge in [0, 0.05) is 26.2 Å². The van der Waals surface area contributed by atoms with Gasteiger partial charge in [-0.25, -0.2) is 0 Å². The lowest BCUT2D eigenvalue weighted by atomic mass is 10.1. The zero-order valence-corrected chi connectivity index (χ0v) is 13.0. The second kappa shape index (κ2) is 9.32. The third-order valence-electron chi connectivity index (χ3n) is 3.93. The Kier molecular flexibility index (Phi) is 8.07. The first-order valence-corrected chi connectivity index (χ1v) is 7.94. The minimum Gasteiger partial charge on any atom is -0.339 e. The first kappa shape index (κ1) is 16.4.